The Kier molecular flexibility index (Phi) is 4.07. The van der Waals surface area contributed by atoms with E-state index in [-0.39, 0.29) is 11.6 Å². The Bertz CT molecular complexity index is 377. The third kappa shape index (κ3) is 2.45. The van der Waals surface area contributed by atoms with Crippen LogP contribution in [0.1, 0.15) is 51.9 Å². The first kappa shape index (κ1) is 13.6. The minimum atomic E-state index is -0.0365. The van der Waals surface area contributed by atoms with Crippen molar-refractivity contribution in [3.8, 4) is 0 Å². The molecule has 0 aromatic carbocycles. The zero-order valence-corrected chi connectivity index (χ0v) is 11.9. The third-order valence-corrected chi connectivity index (χ3v) is 4.30. The van der Waals surface area contributed by atoms with Gasteiger partial charge >= 0.3 is 0 Å². The molecule has 1 aromatic heterocycles. The molecule has 0 radical (unpaired) electrons. The Morgan fingerprint density at radius 2 is 2.00 bits per heavy atom. The van der Waals surface area contributed by atoms with Gasteiger partial charge in [-0.3, -0.25) is 4.90 Å². The molecule has 0 amide bonds. The van der Waals surface area contributed by atoms with Crippen molar-refractivity contribution < 1.29 is 0 Å². The summed E-state index contributed by atoms with van der Waals surface area (Å²) in [5.74, 6) is 1.01. The summed E-state index contributed by atoms with van der Waals surface area (Å²) >= 11 is 0. The van der Waals surface area contributed by atoms with Crippen LogP contribution in [0.4, 0.5) is 0 Å². The van der Waals surface area contributed by atoms with Crippen LogP contribution in [0, 0.1) is 0 Å². The maximum absolute atomic E-state index is 6.50. The van der Waals surface area contributed by atoms with E-state index in [9.17, 15) is 0 Å². The van der Waals surface area contributed by atoms with Crippen LogP contribution in [0.3, 0.4) is 0 Å². The highest BCUT2D eigenvalue weighted by Gasteiger charge is 2.36. The van der Waals surface area contributed by atoms with Gasteiger partial charge in [0.1, 0.15) is 5.82 Å². The monoisotopic (exact) mass is 250 g/mol. The Hall–Kier alpha value is -0.870. The molecule has 102 valence electrons. The fourth-order valence-electron chi connectivity index (χ4n) is 2.85. The van der Waals surface area contributed by atoms with Crippen LogP contribution >= 0.6 is 0 Å². The fraction of sp³-hybridized carbons (Fsp3) is 0.786. The molecule has 18 heavy (non-hydrogen) atoms. The van der Waals surface area contributed by atoms with E-state index in [0.717, 1.165) is 25.5 Å². The average Bonchev–Trinajstić information content (AvgIpc) is 2.87. The van der Waals surface area contributed by atoms with Gasteiger partial charge in [-0.2, -0.15) is 0 Å². The number of imidazole rings is 1. The molecule has 1 unspecified atom stereocenters. The van der Waals surface area contributed by atoms with Crippen molar-refractivity contribution in [2.45, 2.75) is 58.2 Å². The first-order chi connectivity index (χ1) is 8.57. The van der Waals surface area contributed by atoms with E-state index in [4.69, 9.17) is 5.73 Å². The van der Waals surface area contributed by atoms with Crippen LogP contribution in [-0.4, -0.2) is 33.1 Å². The second kappa shape index (κ2) is 5.41. The molecule has 1 saturated heterocycles. The second-order valence-corrected chi connectivity index (χ2v) is 5.75. The van der Waals surface area contributed by atoms with Crippen molar-refractivity contribution in [2.24, 2.45) is 5.73 Å². The van der Waals surface area contributed by atoms with Crippen molar-refractivity contribution in [1.29, 1.82) is 0 Å². The standard InChI is InChI=1S/C14H26N4/c1-4-17-11-8-16-13(17)12(15)14(2,3)18-9-6-5-7-10-18/h8,11-12H,4-7,9-10,15H2,1-3H3. The van der Waals surface area contributed by atoms with E-state index >= 15 is 0 Å². The number of rotatable bonds is 4. The smallest absolute Gasteiger partial charge is 0.127 e. The lowest BCUT2D eigenvalue weighted by Gasteiger charge is -2.44. The van der Waals surface area contributed by atoms with Gasteiger partial charge < -0.3 is 10.3 Å². The largest absolute Gasteiger partial charge is 0.334 e. The zero-order chi connectivity index (χ0) is 13.2. The number of hydrogen-bond acceptors (Lipinski definition) is 3. The summed E-state index contributed by atoms with van der Waals surface area (Å²) in [4.78, 5) is 6.98. The zero-order valence-electron chi connectivity index (χ0n) is 11.9. The summed E-state index contributed by atoms with van der Waals surface area (Å²) in [6.07, 6.45) is 7.80. The number of hydrogen-bond donors (Lipinski definition) is 1. The second-order valence-electron chi connectivity index (χ2n) is 5.75. The lowest BCUT2D eigenvalue weighted by molar-refractivity contribution is 0.0695. The summed E-state index contributed by atoms with van der Waals surface area (Å²) in [5, 5.41) is 0. The van der Waals surface area contributed by atoms with Crippen molar-refractivity contribution in [3.05, 3.63) is 18.2 Å². The van der Waals surface area contributed by atoms with Gasteiger partial charge in [0.15, 0.2) is 0 Å². The summed E-state index contributed by atoms with van der Waals surface area (Å²) in [6.45, 7) is 9.88. The Morgan fingerprint density at radius 3 is 2.61 bits per heavy atom. The molecule has 1 aliphatic heterocycles. The van der Waals surface area contributed by atoms with Crippen molar-refractivity contribution in [1.82, 2.24) is 14.5 Å². The van der Waals surface area contributed by atoms with Gasteiger partial charge in [0.05, 0.1) is 6.04 Å². The molecule has 1 aliphatic rings. The van der Waals surface area contributed by atoms with Crippen LogP contribution in [-0.2, 0) is 6.54 Å². The first-order valence-corrected chi connectivity index (χ1v) is 7.09. The molecule has 2 N–H and O–H groups in total. The lowest BCUT2D eigenvalue weighted by Crippen LogP contribution is -2.53. The average molecular weight is 250 g/mol. The summed E-state index contributed by atoms with van der Waals surface area (Å²) in [7, 11) is 0. The Balaban J connectivity index is 2.17. The van der Waals surface area contributed by atoms with E-state index < -0.39 is 0 Å². The molecule has 4 nitrogen and oxygen atoms in total. The SMILES string of the molecule is CCn1ccnc1C(N)C(C)(C)N1CCCCC1. The molecule has 0 aliphatic carbocycles. The van der Waals surface area contributed by atoms with E-state index in [1.807, 2.05) is 12.4 Å². The van der Waals surface area contributed by atoms with Crippen LogP contribution < -0.4 is 5.73 Å². The molecule has 0 bridgehead atoms. The van der Waals surface area contributed by atoms with Crippen molar-refractivity contribution in [3.63, 3.8) is 0 Å². The highest BCUT2D eigenvalue weighted by Crippen LogP contribution is 2.30. The topological polar surface area (TPSA) is 47.1 Å². The number of nitrogens with two attached hydrogens (primary N) is 1. The third-order valence-electron chi connectivity index (χ3n) is 4.30. The van der Waals surface area contributed by atoms with Crippen LogP contribution in [0.15, 0.2) is 12.4 Å². The summed E-state index contributed by atoms with van der Waals surface area (Å²) < 4.78 is 2.15. The Labute approximate surface area is 110 Å². The van der Waals surface area contributed by atoms with Gasteiger partial charge in [-0.15, -0.1) is 0 Å². The molecule has 1 aromatic rings. The molecule has 0 saturated carbocycles. The predicted molar refractivity (Wildman–Crippen MR) is 74.3 cm³/mol. The molecular formula is C14H26N4. The van der Waals surface area contributed by atoms with Gasteiger partial charge in [0.25, 0.3) is 0 Å². The van der Waals surface area contributed by atoms with Crippen molar-refractivity contribution in [2.75, 3.05) is 13.1 Å². The van der Waals surface area contributed by atoms with Gasteiger partial charge in [0.2, 0.25) is 0 Å². The van der Waals surface area contributed by atoms with Gasteiger partial charge in [-0.25, -0.2) is 4.98 Å². The number of aryl methyl sites for hydroxylation is 1. The molecule has 1 fully saturated rings. The summed E-state index contributed by atoms with van der Waals surface area (Å²) in [6, 6.07) is -0.0365. The van der Waals surface area contributed by atoms with Gasteiger partial charge in [-0.05, 0) is 46.7 Å². The number of aromatic nitrogens is 2. The molecule has 2 heterocycles. The Morgan fingerprint density at radius 1 is 1.33 bits per heavy atom. The minimum Gasteiger partial charge on any atom is -0.334 e. The van der Waals surface area contributed by atoms with Crippen LogP contribution in [0.5, 0.6) is 0 Å². The highest BCUT2D eigenvalue weighted by molar-refractivity contribution is 5.07. The van der Waals surface area contributed by atoms with Crippen LogP contribution in [0.2, 0.25) is 0 Å². The molecule has 1 atom stereocenters. The maximum atomic E-state index is 6.50. The minimum absolute atomic E-state index is 0.0291. The molecule has 4 heteroatoms. The lowest BCUT2D eigenvalue weighted by atomic mass is 9.90. The van der Waals surface area contributed by atoms with E-state index in [1.54, 1.807) is 0 Å². The molecule has 2 rings (SSSR count). The van der Waals surface area contributed by atoms with Gasteiger partial charge in [-0.1, -0.05) is 6.42 Å². The fourth-order valence-corrected chi connectivity index (χ4v) is 2.85. The normalized spacial score (nSPS) is 20.0. The maximum Gasteiger partial charge on any atom is 0.127 e. The van der Waals surface area contributed by atoms with E-state index in [2.05, 4.69) is 35.2 Å². The van der Waals surface area contributed by atoms with E-state index in [1.165, 1.54) is 19.3 Å². The highest BCUT2D eigenvalue weighted by atomic mass is 15.2. The first-order valence-electron chi connectivity index (χ1n) is 7.09. The number of likely N-dealkylation sites (tertiary alicyclic amines) is 1. The quantitative estimate of drug-likeness (QED) is 0.891. The van der Waals surface area contributed by atoms with Gasteiger partial charge in [0, 0.05) is 24.5 Å². The van der Waals surface area contributed by atoms with Crippen molar-refractivity contribution >= 4 is 0 Å². The van der Waals surface area contributed by atoms with Crippen LogP contribution in [0.25, 0.3) is 0 Å². The molecule has 0 spiro atoms. The molecular weight excluding hydrogens is 224 g/mol. The number of piperidine rings is 1. The summed E-state index contributed by atoms with van der Waals surface area (Å²) in [5.41, 5.74) is 6.47. The predicted octanol–water partition coefficient (Wildman–Crippen LogP) is 2.17. The number of nitrogens with zero attached hydrogens (tertiary/aromatic N) is 3. The van der Waals surface area contributed by atoms with E-state index in [0.29, 0.717) is 0 Å².